The fourth-order valence-corrected chi connectivity index (χ4v) is 4.08. The van der Waals surface area contributed by atoms with Gasteiger partial charge in [0.25, 0.3) is 5.91 Å². The lowest BCUT2D eigenvalue weighted by atomic mass is 10.3. The summed E-state index contributed by atoms with van der Waals surface area (Å²) in [6.45, 7) is 5.86. The van der Waals surface area contributed by atoms with Gasteiger partial charge in [0.15, 0.2) is 0 Å². The van der Waals surface area contributed by atoms with Gasteiger partial charge < -0.3 is 10.1 Å². The Morgan fingerprint density at radius 1 is 1.24 bits per heavy atom. The molecule has 112 valence electrons. The van der Waals surface area contributed by atoms with Gasteiger partial charge in [0.1, 0.15) is 4.88 Å². The van der Waals surface area contributed by atoms with Crippen LogP contribution in [0, 0.1) is 13.8 Å². The standard InChI is InChI=1S/C14H14BrNO3S2/c1-4-19-14(18)11-7(2)6-10(21-11)16-13(17)9-5-8(3)12(15)20-9/h5-6H,4H2,1-3H3,(H,16,17). The molecule has 0 saturated heterocycles. The Labute approximate surface area is 139 Å². The predicted molar refractivity (Wildman–Crippen MR) is 89.7 cm³/mol. The first kappa shape index (κ1) is 16.2. The van der Waals surface area contributed by atoms with Gasteiger partial charge in [-0.3, -0.25) is 4.79 Å². The molecule has 2 aromatic rings. The number of ether oxygens (including phenoxy) is 1. The predicted octanol–water partition coefficient (Wildman–Crippen LogP) is 4.62. The van der Waals surface area contributed by atoms with Crippen molar-refractivity contribution in [1.82, 2.24) is 0 Å². The highest BCUT2D eigenvalue weighted by atomic mass is 79.9. The quantitative estimate of drug-likeness (QED) is 0.778. The van der Waals surface area contributed by atoms with Crippen molar-refractivity contribution in [3.05, 3.63) is 36.8 Å². The smallest absolute Gasteiger partial charge is 0.348 e. The normalized spacial score (nSPS) is 10.5. The van der Waals surface area contributed by atoms with Crippen LogP contribution in [0.3, 0.4) is 0 Å². The van der Waals surface area contributed by atoms with Gasteiger partial charge in [0, 0.05) is 0 Å². The van der Waals surface area contributed by atoms with Crippen molar-refractivity contribution in [2.24, 2.45) is 0 Å². The number of carbonyl (C=O) groups excluding carboxylic acids is 2. The summed E-state index contributed by atoms with van der Waals surface area (Å²) in [5.41, 5.74) is 1.83. The Morgan fingerprint density at radius 3 is 2.52 bits per heavy atom. The lowest BCUT2D eigenvalue weighted by molar-refractivity contribution is 0.0531. The molecule has 2 heterocycles. The van der Waals surface area contributed by atoms with Gasteiger partial charge in [-0.2, -0.15) is 0 Å². The van der Waals surface area contributed by atoms with Crippen molar-refractivity contribution >= 4 is 55.5 Å². The van der Waals surface area contributed by atoms with Gasteiger partial charge in [-0.25, -0.2) is 4.79 Å². The van der Waals surface area contributed by atoms with Crippen LogP contribution >= 0.6 is 38.6 Å². The van der Waals surface area contributed by atoms with Crippen LogP contribution in [0.5, 0.6) is 0 Å². The summed E-state index contributed by atoms with van der Waals surface area (Å²) in [6.07, 6.45) is 0. The second kappa shape index (κ2) is 6.72. The van der Waals surface area contributed by atoms with Gasteiger partial charge in [0.05, 0.1) is 20.3 Å². The maximum Gasteiger partial charge on any atom is 0.348 e. The minimum atomic E-state index is -0.352. The van der Waals surface area contributed by atoms with E-state index in [1.807, 2.05) is 19.9 Å². The Bertz CT molecular complexity index is 671. The number of anilines is 1. The summed E-state index contributed by atoms with van der Waals surface area (Å²) >= 11 is 6.01. The maximum absolute atomic E-state index is 12.2. The van der Waals surface area contributed by atoms with Gasteiger partial charge >= 0.3 is 5.97 Å². The summed E-state index contributed by atoms with van der Waals surface area (Å²) in [5, 5.41) is 3.46. The minimum Gasteiger partial charge on any atom is -0.462 e. The average Bonchev–Trinajstić information content (AvgIpc) is 2.94. The topological polar surface area (TPSA) is 55.4 Å². The maximum atomic E-state index is 12.2. The number of rotatable bonds is 4. The monoisotopic (exact) mass is 387 g/mol. The lowest BCUT2D eigenvalue weighted by Crippen LogP contribution is -2.08. The summed E-state index contributed by atoms with van der Waals surface area (Å²) in [4.78, 5) is 25.1. The van der Waals surface area contributed by atoms with E-state index in [4.69, 9.17) is 4.74 Å². The molecule has 4 nitrogen and oxygen atoms in total. The molecule has 0 aliphatic heterocycles. The number of amides is 1. The zero-order valence-corrected chi connectivity index (χ0v) is 15.0. The number of hydrogen-bond donors (Lipinski definition) is 1. The first-order chi connectivity index (χ1) is 9.92. The largest absolute Gasteiger partial charge is 0.462 e. The lowest BCUT2D eigenvalue weighted by Gasteiger charge is -1.99. The summed E-state index contributed by atoms with van der Waals surface area (Å²) in [5.74, 6) is -0.527. The molecule has 2 rings (SSSR count). The van der Waals surface area contributed by atoms with Crippen molar-refractivity contribution in [2.75, 3.05) is 11.9 Å². The second-order valence-corrected chi connectivity index (χ2v) is 7.79. The fraction of sp³-hybridized carbons (Fsp3) is 0.286. The minimum absolute atomic E-state index is 0.176. The van der Waals surface area contributed by atoms with Crippen LogP contribution < -0.4 is 5.32 Å². The third-order valence-electron chi connectivity index (χ3n) is 2.70. The van der Waals surface area contributed by atoms with E-state index in [0.29, 0.717) is 21.4 Å². The summed E-state index contributed by atoms with van der Waals surface area (Å²) < 4.78 is 5.93. The van der Waals surface area contributed by atoms with E-state index in [9.17, 15) is 9.59 Å². The van der Waals surface area contributed by atoms with Crippen LogP contribution in [0.4, 0.5) is 5.00 Å². The number of aryl methyl sites for hydroxylation is 2. The highest BCUT2D eigenvalue weighted by Crippen LogP contribution is 2.30. The highest BCUT2D eigenvalue weighted by molar-refractivity contribution is 9.11. The molecule has 21 heavy (non-hydrogen) atoms. The number of halogens is 1. The Balaban J connectivity index is 2.15. The Hall–Kier alpha value is -1.18. The molecular weight excluding hydrogens is 374 g/mol. The van der Waals surface area contributed by atoms with Crippen LogP contribution in [0.25, 0.3) is 0 Å². The molecule has 1 N–H and O–H groups in total. The van der Waals surface area contributed by atoms with Crippen molar-refractivity contribution in [3.63, 3.8) is 0 Å². The Kier molecular flexibility index (Phi) is 5.18. The number of hydrogen-bond acceptors (Lipinski definition) is 5. The average molecular weight is 388 g/mol. The molecule has 0 aliphatic carbocycles. The first-order valence-corrected chi connectivity index (χ1v) is 8.69. The van der Waals surface area contributed by atoms with Crippen LogP contribution in [-0.4, -0.2) is 18.5 Å². The number of esters is 1. The zero-order valence-electron chi connectivity index (χ0n) is 11.8. The molecule has 2 aromatic heterocycles. The van der Waals surface area contributed by atoms with Crippen molar-refractivity contribution in [1.29, 1.82) is 0 Å². The van der Waals surface area contributed by atoms with E-state index < -0.39 is 0 Å². The van der Waals surface area contributed by atoms with Gasteiger partial charge in [-0.1, -0.05) is 0 Å². The molecule has 0 aromatic carbocycles. The van der Waals surface area contributed by atoms with E-state index >= 15 is 0 Å². The van der Waals surface area contributed by atoms with Crippen LogP contribution in [0.1, 0.15) is 37.4 Å². The van der Waals surface area contributed by atoms with Gasteiger partial charge in [-0.05, 0) is 60.0 Å². The number of thiophene rings is 2. The van der Waals surface area contributed by atoms with Gasteiger partial charge in [-0.15, -0.1) is 22.7 Å². The first-order valence-electron chi connectivity index (χ1n) is 6.27. The third kappa shape index (κ3) is 3.72. The SMILES string of the molecule is CCOC(=O)c1sc(NC(=O)c2cc(C)c(Br)s2)cc1C. The summed E-state index contributed by atoms with van der Waals surface area (Å²) in [7, 11) is 0. The van der Waals surface area contributed by atoms with Crippen molar-refractivity contribution in [3.8, 4) is 0 Å². The van der Waals surface area contributed by atoms with Crippen LogP contribution in [0.15, 0.2) is 15.9 Å². The van der Waals surface area contributed by atoms with Crippen LogP contribution in [-0.2, 0) is 4.74 Å². The molecule has 0 aliphatic rings. The molecule has 7 heteroatoms. The van der Waals surface area contributed by atoms with E-state index in [2.05, 4.69) is 21.2 Å². The van der Waals surface area contributed by atoms with Crippen molar-refractivity contribution in [2.45, 2.75) is 20.8 Å². The number of nitrogens with one attached hydrogen (secondary N) is 1. The van der Waals surface area contributed by atoms with E-state index in [0.717, 1.165) is 14.9 Å². The molecular formula is C14H14BrNO3S2. The fourth-order valence-electron chi connectivity index (χ4n) is 1.69. The number of carbonyl (C=O) groups is 2. The second-order valence-electron chi connectivity index (χ2n) is 4.36. The molecule has 1 amide bonds. The van der Waals surface area contributed by atoms with E-state index in [1.54, 1.807) is 13.0 Å². The van der Waals surface area contributed by atoms with E-state index in [1.165, 1.54) is 22.7 Å². The highest BCUT2D eigenvalue weighted by Gasteiger charge is 2.17. The molecule has 0 unspecified atom stereocenters. The molecule has 0 spiro atoms. The van der Waals surface area contributed by atoms with Crippen LogP contribution in [0.2, 0.25) is 0 Å². The zero-order chi connectivity index (χ0) is 15.6. The third-order valence-corrected chi connectivity index (χ3v) is 5.96. The molecule has 0 atom stereocenters. The van der Waals surface area contributed by atoms with Crippen molar-refractivity contribution < 1.29 is 14.3 Å². The molecule has 0 radical (unpaired) electrons. The molecule has 0 fully saturated rings. The Morgan fingerprint density at radius 2 is 1.95 bits per heavy atom. The van der Waals surface area contributed by atoms with E-state index in [-0.39, 0.29) is 11.9 Å². The van der Waals surface area contributed by atoms with Gasteiger partial charge in [0.2, 0.25) is 0 Å². The molecule has 0 bridgehead atoms. The summed E-state index contributed by atoms with van der Waals surface area (Å²) in [6, 6.07) is 3.61. The molecule has 0 saturated carbocycles.